The molecule has 1 aromatic rings. The minimum atomic E-state index is 0.565. The van der Waals surface area contributed by atoms with Gasteiger partial charge < -0.3 is 9.80 Å². The van der Waals surface area contributed by atoms with E-state index in [0.717, 1.165) is 25.4 Å². The van der Waals surface area contributed by atoms with Crippen molar-refractivity contribution in [1.29, 1.82) is 0 Å². The third kappa shape index (κ3) is 2.86. The molecule has 1 aliphatic carbocycles. The summed E-state index contributed by atoms with van der Waals surface area (Å²) in [6.07, 6.45) is 8.27. The normalized spacial score (nSPS) is 28.1. The van der Waals surface area contributed by atoms with E-state index in [-0.39, 0.29) is 0 Å². The van der Waals surface area contributed by atoms with Crippen LogP contribution in [0, 0.1) is 5.92 Å². The standard InChI is InChI=1S/C20H29N3/c1-2-22-19(17-11-7-4-8-12-17)15-23-18(14-21-20(22)23)13-16-9-5-3-6-10-16/h3,5-6,9-10,17-19H,2,4,7-8,11-15H2,1H3/t18-,19-/m0/s1. The minimum absolute atomic E-state index is 0.565. The average molecular weight is 311 g/mol. The van der Waals surface area contributed by atoms with Crippen LogP contribution in [0.4, 0.5) is 0 Å². The second-order valence-corrected chi connectivity index (χ2v) is 7.39. The van der Waals surface area contributed by atoms with Gasteiger partial charge in [0.25, 0.3) is 0 Å². The summed E-state index contributed by atoms with van der Waals surface area (Å²) < 4.78 is 0. The SMILES string of the molecule is CCN1C2=NC[C@H](Cc3ccccc3)N2C[C@H]1C1CCCCC1. The molecule has 1 aromatic carbocycles. The first kappa shape index (κ1) is 15.0. The number of likely N-dealkylation sites (N-methyl/N-ethyl adjacent to an activating group) is 1. The van der Waals surface area contributed by atoms with Crippen LogP contribution in [0.3, 0.4) is 0 Å². The van der Waals surface area contributed by atoms with Crippen molar-refractivity contribution in [1.82, 2.24) is 9.80 Å². The Bertz CT molecular complexity index is 547. The number of nitrogens with zero attached hydrogens (tertiary/aromatic N) is 3. The van der Waals surface area contributed by atoms with Crippen molar-refractivity contribution in [2.75, 3.05) is 19.6 Å². The van der Waals surface area contributed by atoms with Crippen LogP contribution in [0.1, 0.15) is 44.6 Å². The largest absolute Gasteiger partial charge is 0.338 e. The molecule has 3 nitrogen and oxygen atoms in total. The number of hydrogen-bond donors (Lipinski definition) is 0. The maximum Gasteiger partial charge on any atom is 0.197 e. The average Bonchev–Trinajstić information content (AvgIpc) is 3.16. The molecule has 23 heavy (non-hydrogen) atoms. The van der Waals surface area contributed by atoms with E-state index in [1.807, 2.05) is 0 Å². The summed E-state index contributed by atoms with van der Waals surface area (Å²) in [4.78, 5) is 10.2. The predicted octanol–water partition coefficient (Wildman–Crippen LogP) is 3.55. The van der Waals surface area contributed by atoms with Gasteiger partial charge in [0.15, 0.2) is 5.96 Å². The Balaban J connectivity index is 1.48. The number of rotatable bonds is 4. The fourth-order valence-electron chi connectivity index (χ4n) is 4.83. The fourth-order valence-corrected chi connectivity index (χ4v) is 4.83. The Hall–Kier alpha value is -1.51. The Morgan fingerprint density at radius 3 is 2.61 bits per heavy atom. The molecule has 1 saturated heterocycles. The van der Waals surface area contributed by atoms with Crippen LogP contribution < -0.4 is 0 Å². The Kier molecular flexibility index (Phi) is 4.28. The number of guanidine groups is 1. The van der Waals surface area contributed by atoms with Crippen molar-refractivity contribution in [3.8, 4) is 0 Å². The summed E-state index contributed by atoms with van der Waals surface area (Å²) in [5.74, 6) is 2.18. The molecule has 3 aliphatic rings. The lowest BCUT2D eigenvalue weighted by Gasteiger charge is -2.33. The number of aliphatic imine (C=N–C) groups is 1. The summed E-state index contributed by atoms with van der Waals surface area (Å²) in [6, 6.07) is 12.2. The van der Waals surface area contributed by atoms with E-state index >= 15 is 0 Å². The van der Waals surface area contributed by atoms with Gasteiger partial charge in [-0.25, -0.2) is 0 Å². The van der Waals surface area contributed by atoms with E-state index in [1.165, 1.54) is 50.2 Å². The smallest absolute Gasteiger partial charge is 0.197 e. The summed E-state index contributed by atoms with van der Waals surface area (Å²) in [6.45, 7) is 5.58. The van der Waals surface area contributed by atoms with Gasteiger partial charge in [0.05, 0.1) is 18.6 Å². The zero-order valence-electron chi connectivity index (χ0n) is 14.3. The Labute approximate surface area is 140 Å². The van der Waals surface area contributed by atoms with Gasteiger partial charge in [-0.2, -0.15) is 0 Å². The molecule has 0 aromatic heterocycles. The van der Waals surface area contributed by atoms with E-state index in [4.69, 9.17) is 4.99 Å². The first-order valence-corrected chi connectivity index (χ1v) is 9.48. The van der Waals surface area contributed by atoms with Gasteiger partial charge in [-0.1, -0.05) is 49.6 Å². The summed E-state index contributed by atoms with van der Waals surface area (Å²) in [5.41, 5.74) is 1.44. The monoisotopic (exact) mass is 311 g/mol. The zero-order chi connectivity index (χ0) is 15.6. The van der Waals surface area contributed by atoms with Crippen LogP contribution in [-0.4, -0.2) is 47.5 Å². The van der Waals surface area contributed by atoms with Crippen LogP contribution in [0.25, 0.3) is 0 Å². The van der Waals surface area contributed by atoms with Crippen molar-refractivity contribution in [3.63, 3.8) is 0 Å². The third-order valence-corrected chi connectivity index (χ3v) is 6.03. The molecule has 2 heterocycles. The molecule has 3 heteroatoms. The first-order chi connectivity index (χ1) is 11.4. The molecular formula is C20H29N3. The van der Waals surface area contributed by atoms with Gasteiger partial charge in [0.2, 0.25) is 0 Å². The third-order valence-electron chi connectivity index (χ3n) is 6.03. The Morgan fingerprint density at radius 1 is 1.09 bits per heavy atom. The maximum atomic E-state index is 4.94. The molecule has 0 N–H and O–H groups in total. The van der Waals surface area contributed by atoms with Crippen LogP contribution >= 0.6 is 0 Å². The van der Waals surface area contributed by atoms with Gasteiger partial charge >= 0.3 is 0 Å². The molecule has 124 valence electrons. The van der Waals surface area contributed by atoms with Gasteiger partial charge in [0.1, 0.15) is 0 Å². The molecule has 0 bridgehead atoms. The molecule has 1 saturated carbocycles. The van der Waals surface area contributed by atoms with E-state index in [1.54, 1.807) is 0 Å². The number of benzene rings is 1. The van der Waals surface area contributed by atoms with Crippen LogP contribution in [-0.2, 0) is 6.42 Å². The molecular weight excluding hydrogens is 282 g/mol. The summed E-state index contributed by atoms with van der Waals surface area (Å²) in [7, 11) is 0. The van der Waals surface area contributed by atoms with Crippen molar-refractivity contribution in [3.05, 3.63) is 35.9 Å². The predicted molar refractivity (Wildman–Crippen MR) is 95.7 cm³/mol. The molecule has 2 fully saturated rings. The Morgan fingerprint density at radius 2 is 1.87 bits per heavy atom. The number of fused-ring (bicyclic) bond motifs is 1. The van der Waals surface area contributed by atoms with Gasteiger partial charge in [-0.3, -0.25) is 4.99 Å². The molecule has 0 spiro atoms. The second-order valence-electron chi connectivity index (χ2n) is 7.39. The summed E-state index contributed by atoms with van der Waals surface area (Å²) >= 11 is 0. The second kappa shape index (κ2) is 6.54. The fraction of sp³-hybridized carbons (Fsp3) is 0.650. The van der Waals surface area contributed by atoms with Crippen LogP contribution in [0.5, 0.6) is 0 Å². The van der Waals surface area contributed by atoms with E-state index in [2.05, 4.69) is 47.1 Å². The van der Waals surface area contributed by atoms with Crippen molar-refractivity contribution >= 4 is 5.96 Å². The van der Waals surface area contributed by atoms with Crippen LogP contribution in [0.15, 0.2) is 35.3 Å². The number of hydrogen-bond acceptors (Lipinski definition) is 3. The molecule has 2 atom stereocenters. The van der Waals surface area contributed by atoms with Crippen molar-refractivity contribution in [2.24, 2.45) is 10.9 Å². The minimum Gasteiger partial charge on any atom is -0.338 e. The highest BCUT2D eigenvalue weighted by Crippen LogP contribution is 2.35. The molecule has 0 unspecified atom stereocenters. The highest BCUT2D eigenvalue weighted by molar-refractivity contribution is 5.84. The lowest BCUT2D eigenvalue weighted by molar-refractivity contribution is 0.198. The highest BCUT2D eigenvalue weighted by Gasteiger charge is 2.44. The van der Waals surface area contributed by atoms with Crippen molar-refractivity contribution < 1.29 is 0 Å². The van der Waals surface area contributed by atoms with Crippen molar-refractivity contribution in [2.45, 2.75) is 57.5 Å². The van der Waals surface area contributed by atoms with Gasteiger partial charge in [0, 0.05) is 13.1 Å². The topological polar surface area (TPSA) is 18.8 Å². The summed E-state index contributed by atoms with van der Waals surface area (Å²) in [5, 5.41) is 0. The lowest BCUT2D eigenvalue weighted by Crippen LogP contribution is -2.40. The quantitative estimate of drug-likeness (QED) is 0.847. The molecule has 2 aliphatic heterocycles. The molecule has 0 radical (unpaired) electrons. The van der Waals surface area contributed by atoms with E-state index < -0.39 is 0 Å². The molecule has 0 amide bonds. The lowest BCUT2D eigenvalue weighted by atomic mass is 9.83. The van der Waals surface area contributed by atoms with Gasteiger partial charge in [-0.15, -0.1) is 0 Å². The first-order valence-electron chi connectivity index (χ1n) is 9.48. The van der Waals surface area contributed by atoms with E-state index in [0.29, 0.717) is 12.1 Å². The van der Waals surface area contributed by atoms with Crippen LogP contribution in [0.2, 0.25) is 0 Å². The van der Waals surface area contributed by atoms with E-state index in [9.17, 15) is 0 Å². The maximum absolute atomic E-state index is 4.94. The zero-order valence-corrected chi connectivity index (χ0v) is 14.3. The highest BCUT2D eigenvalue weighted by atomic mass is 15.5. The molecule has 4 rings (SSSR count). The van der Waals surface area contributed by atoms with Gasteiger partial charge in [-0.05, 0) is 37.7 Å².